The second-order valence-corrected chi connectivity index (χ2v) is 6.77. The van der Waals surface area contributed by atoms with Gasteiger partial charge in [-0.05, 0) is 36.8 Å². The Morgan fingerprint density at radius 1 is 1.16 bits per heavy atom. The van der Waals surface area contributed by atoms with Crippen LogP contribution in [-0.2, 0) is 6.54 Å². The van der Waals surface area contributed by atoms with E-state index in [9.17, 15) is 0 Å². The summed E-state index contributed by atoms with van der Waals surface area (Å²) in [7, 11) is 0. The molecule has 1 aromatic heterocycles. The van der Waals surface area contributed by atoms with Crippen molar-refractivity contribution in [1.29, 1.82) is 0 Å². The first-order valence-corrected chi connectivity index (χ1v) is 9.20. The van der Waals surface area contributed by atoms with Gasteiger partial charge in [0.25, 0.3) is 0 Å². The maximum absolute atomic E-state index is 5.49. The molecule has 5 nitrogen and oxygen atoms in total. The van der Waals surface area contributed by atoms with E-state index >= 15 is 0 Å². The lowest BCUT2D eigenvalue weighted by Crippen LogP contribution is -2.30. The predicted molar refractivity (Wildman–Crippen MR) is 103 cm³/mol. The van der Waals surface area contributed by atoms with E-state index < -0.39 is 0 Å². The van der Waals surface area contributed by atoms with E-state index in [4.69, 9.17) is 4.74 Å². The van der Waals surface area contributed by atoms with Gasteiger partial charge < -0.3 is 10.1 Å². The monoisotopic (exact) mass is 352 g/mol. The number of nitrogens with zero attached hydrogens (tertiary/aromatic N) is 2. The molecule has 0 bridgehead atoms. The summed E-state index contributed by atoms with van der Waals surface area (Å²) in [6.45, 7) is 3.48. The van der Waals surface area contributed by atoms with Crippen LogP contribution in [0.15, 0.2) is 60.7 Å². The van der Waals surface area contributed by atoms with Gasteiger partial charge in [-0.1, -0.05) is 30.3 Å². The normalized spacial score (nSPS) is 15.6. The van der Waals surface area contributed by atoms with Gasteiger partial charge >= 0.3 is 0 Å². The third-order valence-corrected chi connectivity index (χ3v) is 4.93. The summed E-state index contributed by atoms with van der Waals surface area (Å²) >= 11 is 1.64. The van der Waals surface area contributed by atoms with Crippen LogP contribution in [0.4, 0.5) is 5.82 Å². The van der Waals surface area contributed by atoms with Gasteiger partial charge in [0, 0.05) is 30.1 Å². The van der Waals surface area contributed by atoms with E-state index in [1.165, 1.54) is 5.56 Å². The first kappa shape index (κ1) is 16.1. The Kier molecular flexibility index (Phi) is 4.63. The standard InChI is InChI=1S/C19H20N4OS/c1-2-24-16-10-8-15(9-11-16)17-12-18-21-19(25-23(18)22-17)20-13-14-6-4-3-5-7-14/h3-12,19-21H,2,13H2,1H3/t19-/m1/s1. The first-order valence-electron chi connectivity index (χ1n) is 8.36. The molecule has 0 fully saturated rings. The smallest absolute Gasteiger partial charge is 0.148 e. The highest BCUT2D eigenvalue weighted by molar-refractivity contribution is 7.98. The van der Waals surface area contributed by atoms with E-state index in [0.717, 1.165) is 29.4 Å². The molecule has 2 heterocycles. The van der Waals surface area contributed by atoms with Crippen molar-refractivity contribution in [3.05, 3.63) is 66.2 Å². The quantitative estimate of drug-likeness (QED) is 0.704. The first-order chi connectivity index (χ1) is 12.3. The van der Waals surface area contributed by atoms with Crippen LogP contribution < -0.4 is 15.4 Å². The van der Waals surface area contributed by atoms with E-state index in [-0.39, 0.29) is 5.50 Å². The summed E-state index contributed by atoms with van der Waals surface area (Å²) in [5.41, 5.74) is 3.43. The van der Waals surface area contributed by atoms with Crippen molar-refractivity contribution in [2.45, 2.75) is 19.0 Å². The second kappa shape index (κ2) is 7.21. The zero-order valence-corrected chi connectivity index (χ0v) is 14.8. The summed E-state index contributed by atoms with van der Waals surface area (Å²) < 4.78 is 7.42. The Bertz CT molecular complexity index is 809. The van der Waals surface area contributed by atoms with Gasteiger partial charge in [-0.25, -0.2) is 0 Å². The van der Waals surface area contributed by atoms with Gasteiger partial charge in [-0.2, -0.15) is 9.19 Å². The third kappa shape index (κ3) is 3.65. The van der Waals surface area contributed by atoms with Crippen LogP contribution in [0.1, 0.15) is 12.5 Å². The van der Waals surface area contributed by atoms with Crippen LogP contribution in [0.3, 0.4) is 0 Å². The molecule has 0 saturated carbocycles. The van der Waals surface area contributed by atoms with Crippen LogP contribution in [0.25, 0.3) is 11.3 Å². The zero-order chi connectivity index (χ0) is 17.1. The van der Waals surface area contributed by atoms with Gasteiger partial charge in [0.2, 0.25) is 0 Å². The molecule has 25 heavy (non-hydrogen) atoms. The highest BCUT2D eigenvalue weighted by Crippen LogP contribution is 2.32. The molecule has 0 amide bonds. The average Bonchev–Trinajstić information content (AvgIpc) is 3.20. The SMILES string of the molecule is CCOc1ccc(-c2cc3n(n2)S[C@H](NCc2ccccc2)N3)cc1. The number of aromatic nitrogens is 2. The van der Waals surface area contributed by atoms with Gasteiger partial charge in [0.05, 0.1) is 12.3 Å². The molecule has 1 aliphatic rings. The van der Waals surface area contributed by atoms with Gasteiger partial charge in [-0.15, -0.1) is 0 Å². The number of fused-ring (bicyclic) bond motifs is 1. The van der Waals surface area contributed by atoms with Crippen molar-refractivity contribution in [3.8, 4) is 17.0 Å². The summed E-state index contributed by atoms with van der Waals surface area (Å²) in [4.78, 5) is 0. The lowest BCUT2D eigenvalue weighted by molar-refractivity contribution is 0.340. The Hall–Kier alpha value is -2.44. The maximum atomic E-state index is 5.49. The van der Waals surface area contributed by atoms with Crippen molar-refractivity contribution in [3.63, 3.8) is 0 Å². The van der Waals surface area contributed by atoms with Gasteiger partial charge in [0.15, 0.2) is 0 Å². The van der Waals surface area contributed by atoms with E-state index in [1.54, 1.807) is 11.9 Å². The Morgan fingerprint density at radius 2 is 1.96 bits per heavy atom. The number of rotatable bonds is 6. The van der Waals surface area contributed by atoms with E-state index in [1.807, 2.05) is 41.3 Å². The fourth-order valence-electron chi connectivity index (χ4n) is 2.73. The van der Waals surface area contributed by atoms with Gasteiger partial charge in [-0.3, -0.25) is 5.32 Å². The molecule has 6 heteroatoms. The van der Waals surface area contributed by atoms with E-state index in [0.29, 0.717) is 6.61 Å². The molecule has 2 aromatic carbocycles. The molecule has 128 valence electrons. The summed E-state index contributed by atoms with van der Waals surface area (Å²) in [5, 5.41) is 11.6. The number of benzene rings is 2. The Balaban J connectivity index is 1.38. The summed E-state index contributed by atoms with van der Waals surface area (Å²) in [6.07, 6.45) is 0. The minimum Gasteiger partial charge on any atom is -0.494 e. The molecule has 1 atom stereocenters. The summed E-state index contributed by atoms with van der Waals surface area (Å²) in [5.74, 6) is 1.90. The topological polar surface area (TPSA) is 51.1 Å². The van der Waals surface area contributed by atoms with Crippen LogP contribution in [-0.4, -0.2) is 21.3 Å². The minimum absolute atomic E-state index is 0.122. The summed E-state index contributed by atoms with van der Waals surface area (Å²) in [6, 6.07) is 20.5. The van der Waals surface area contributed by atoms with Crippen molar-refractivity contribution in [2.75, 3.05) is 11.9 Å². The van der Waals surface area contributed by atoms with Crippen molar-refractivity contribution in [1.82, 2.24) is 14.5 Å². The van der Waals surface area contributed by atoms with Gasteiger partial charge in [0.1, 0.15) is 17.1 Å². The zero-order valence-electron chi connectivity index (χ0n) is 14.0. The van der Waals surface area contributed by atoms with Crippen LogP contribution in [0.2, 0.25) is 0 Å². The lowest BCUT2D eigenvalue weighted by Gasteiger charge is -2.11. The molecule has 0 radical (unpaired) electrons. The molecular formula is C19H20N4OS. The second-order valence-electron chi connectivity index (χ2n) is 5.74. The maximum Gasteiger partial charge on any atom is 0.148 e. The molecular weight excluding hydrogens is 332 g/mol. The average molecular weight is 352 g/mol. The van der Waals surface area contributed by atoms with Crippen molar-refractivity contribution < 1.29 is 4.74 Å². The van der Waals surface area contributed by atoms with Crippen molar-refractivity contribution >= 4 is 17.8 Å². The molecule has 2 N–H and O–H groups in total. The lowest BCUT2D eigenvalue weighted by atomic mass is 10.1. The number of nitrogens with one attached hydrogen (secondary N) is 2. The highest BCUT2D eigenvalue weighted by atomic mass is 32.2. The Labute approximate surface area is 151 Å². The predicted octanol–water partition coefficient (Wildman–Crippen LogP) is 3.94. The number of hydrogen-bond donors (Lipinski definition) is 2. The molecule has 0 spiro atoms. The molecule has 3 aromatic rings. The van der Waals surface area contributed by atoms with Crippen LogP contribution in [0.5, 0.6) is 5.75 Å². The molecule has 4 rings (SSSR count). The Morgan fingerprint density at radius 3 is 2.68 bits per heavy atom. The molecule has 1 aliphatic heterocycles. The molecule has 0 unspecified atom stereocenters. The fraction of sp³-hybridized carbons (Fsp3) is 0.211. The third-order valence-electron chi connectivity index (χ3n) is 3.96. The number of ether oxygens (including phenoxy) is 1. The van der Waals surface area contributed by atoms with E-state index in [2.05, 4.69) is 46.1 Å². The highest BCUT2D eigenvalue weighted by Gasteiger charge is 2.23. The minimum atomic E-state index is 0.122. The van der Waals surface area contributed by atoms with Crippen LogP contribution >= 0.6 is 11.9 Å². The molecule has 0 aliphatic carbocycles. The number of hydrogen-bond acceptors (Lipinski definition) is 5. The number of anilines is 1. The van der Waals surface area contributed by atoms with Crippen LogP contribution in [0, 0.1) is 0 Å². The molecule has 0 saturated heterocycles. The fourth-order valence-corrected chi connectivity index (χ4v) is 3.61. The van der Waals surface area contributed by atoms with Crippen molar-refractivity contribution in [2.24, 2.45) is 0 Å². The largest absolute Gasteiger partial charge is 0.494 e.